The van der Waals surface area contributed by atoms with E-state index in [-0.39, 0.29) is 11.5 Å². The first kappa shape index (κ1) is 13.7. The van der Waals surface area contributed by atoms with Crippen molar-refractivity contribution in [3.05, 3.63) is 66.4 Å². The number of nitrogens with one attached hydrogen (secondary N) is 1. The Kier molecular flexibility index (Phi) is 4.39. The molecule has 4 nitrogen and oxygen atoms in total. The van der Waals surface area contributed by atoms with Gasteiger partial charge >= 0.3 is 0 Å². The Labute approximate surface area is 117 Å². The second-order valence-corrected chi connectivity index (χ2v) is 4.12. The van der Waals surface area contributed by atoms with Gasteiger partial charge in [0.1, 0.15) is 11.5 Å². The van der Waals surface area contributed by atoms with Gasteiger partial charge < -0.3 is 15.2 Å². The van der Waals surface area contributed by atoms with Crippen LogP contribution in [0.1, 0.15) is 10.4 Å². The largest absolute Gasteiger partial charge is 0.508 e. The number of hydrogen-bond donors (Lipinski definition) is 2. The molecule has 0 heterocycles. The lowest BCUT2D eigenvalue weighted by Gasteiger charge is -2.01. The maximum absolute atomic E-state index is 11.9. The van der Waals surface area contributed by atoms with E-state index in [0.717, 1.165) is 5.69 Å². The van der Waals surface area contributed by atoms with Gasteiger partial charge in [-0.15, -0.1) is 0 Å². The topological polar surface area (TPSA) is 58.6 Å². The number of allylic oxidation sites excluding steroid dienone is 1. The highest BCUT2D eigenvalue weighted by atomic mass is 16.5. The molecule has 0 aliphatic carbocycles. The maximum atomic E-state index is 11.9. The van der Waals surface area contributed by atoms with Crippen molar-refractivity contribution >= 4 is 11.5 Å². The van der Waals surface area contributed by atoms with E-state index in [1.54, 1.807) is 61.8 Å². The Morgan fingerprint density at radius 2 is 1.75 bits per heavy atom. The third-order valence-electron chi connectivity index (χ3n) is 2.73. The van der Waals surface area contributed by atoms with E-state index < -0.39 is 0 Å². The SMILES string of the molecule is COc1ccc(C(=O)C=CNc2ccc(O)cc2)cc1. The molecule has 2 aromatic rings. The molecule has 0 atom stereocenters. The molecule has 2 N–H and O–H groups in total. The number of hydrogen-bond acceptors (Lipinski definition) is 4. The van der Waals surface area contributed by atoms with Crippen LogP contribution >= 0.6 is 0 Å². The van der Waals surface area contributed by atoms with Gasteiger partial charge in [-0.1, -0.05) is 0 Å². The Hall–Kier alpha value is -2.75. The predicted octanol–water partition coefficient (Wildman–Crippen LogP) is 3.21. The lowest BCUT2D eigenvalue weighted by molar-refractivity contribution is 0.104. The van der Waals surface area contributed by atoms with Crippen LogP contribution < -0.4 is 10.1 Å². The fourth-order valence-corrected chi connectivity index (χ4v) is 1.62. The number of carbonyl (C=O) groups excluding carboxylic acids is 1. The molecule has 0 aliphatic heterocycles. The van der Waals surface area contributed by atoms with Crippen molar-refractivity contribution in [3.8, 4) is 11.5 Å². The summed E-state index contributed by atoms with van der Waals surface area (Å²) in [4.78, 5) is 11.9. The number of anilines is 1. The molecule has 0 spiro atoms. The van der Waals surface area contributed by atoms with Gasteiger partial charge in [0, 0.05) is 23.5 Å². The minimum atomic E-state index is -0.0982. The number of methoxy groups -OCH3 is 1. The van der Waals surface area contributed by atoms with Crippen LogP contribution in [0.4, 0.5) is 5.69 Å². The number of benzene rings is 2. The number of ether oxygens (including phenoxy) is 1. The summed E-state index contributed by atoms with van der Waals surface area (Å²) < 4.78 is 5.04. The zero-order valence-electron chi connectivity index (χ0n) is 11.0. The Morgan fingerprint density at radius 1 is 1.10 bits per heavy atom. The van der Waals surface area contributed by atoms with Crippen LogP contribution in [0.2, 0.25) is 0 Å². The quantitative estimate of drug-likeness (QED) is 0.497. The Morgan fingerprint density at radius 3 is 2.35 bits per heavy atom. The van der Waals surface area contributed by atoms with Crippen molar-refractivity contribution in [3.63, 3.8) is 0 Å². The first-order valence-electron chi connectivity index (χ1n) is 6.09. The summed E-state index contributed by atoms with van der Waals surface area (Å²) in [6, 6.07) is 13.5. The molecule has 0 unspecified atom stereocenters. The normalized spacial score (nSPS) is 10.4. The van der Waals surface area contributed by atoms with Crippen LogP contribution in [0.5, 0.6) is 11.5 Å². The molecule has 102 valence electrons. The second kappa shape index (κ2) is 6.43. The molecule has 2 aromatic carbocycles. The van der Waals surface area contributed by atoms with Crippen molar-refractivity contribution in [2.75, 3.05) is 12.4 Å². The van der Waals surface area contributed by atoms with Crippen molar-refractivity contribution < 1.29 is 14.6 Å². The first-order chi connectivity index (χ1) is 9.69. The first-order valence-corrected chi connectivity index (χ1v) is 6.09. The molecular weight excluding hydrogens is 254 g/mol. The molecule has 0 fully saturated rings. The smallest absolute Gasteiger partial charge is 0.187 e. The third-order valence-corrected chi connectivity index (χ3v) is 2.73. The molecule has 20 heavy (non-hydrogen) atoms. The fourth-order valence-electron chi connectivity index (χ4n) is 1.62. The molecule has 2 rings (SSSR count). The highest BCUT2D eigenvalue weighted by Gasteiger charge is 2.01. The summed E-state index contributed by atoms with van der Waals surface area (Å²) in [5.41, 5.74) is 1.39. The highest BCUT2D eigenvalue weighted by Crippen LogP contribution is 2.14. The van der Waals surface area contributed by atoms with Gasteiger partial charge in [0.2, 0.25) is 0 Å². The van der Waals surface area contributed by atoms with Crippen LogP contribution in [0.15, 0.2) is 60.8 Å². The van der Waals surface area contributed by atoms with Gasteiger partial charge in [-0.25, -0.2) is 0 Å². The van der Waals surface area contributed by atoms with Crippen LogP contribution in [0.25, 0.3) is 0 Å². The van der Waals surface area contributed by atoms with Gasteiger partial charge in [-0.2, -0.15) is 0 Å². The minimum absolute atomic E-state index is 0.0982. The van der Waals surface area contributed by atoms with E-state index in [1.165, 1.54) is 6.08 Å². The molecule has 0 radical (unpaired) electrons. The number of ketones is 1. The lowest BCUT2D eigenvalue weighted by Crippen LogP contribution is -1.96. The van der Waals surface area contributed by atoms with E-state index in [2.05, 4.69) is 5.32 Å². The number of aromatic hydroxyl groups is 1. The average Bonchev–Trinajstić information content (AvgIpc) is 2.49. The summed E-state index contributed by atoms with van der Waals surface area (Å²) in [6.45, 7) is 0. The summed E-state index contributed by atoms with van der Waals surface area (Å²) in [5.74, 6) is 0.820. The van der Waals surface area contributed by atoms with E-state index in [9.17, 15) is 4.79 Å². The van der Waals surface area contributed by atoms with E-state index in [0.29, 0.717) is 11.3 Å². The minimum Gasteiger partial charge on any atom is -0.508 e. The van der Waals surface area contributed by atoms with Gasteiger partial charge in [-0.3, -0.25) is 4.79 Å². The molecule has 0 amide bonds. The zero-order chi connectivity index (χ0) is 14.4. The zero-order valence-corrected chi connectivity index (χ0v) is 11.0. The van der Waals surface area contributed by atoms with Gasteiger partial charge in [0.05, 0.1) is 7.11 Å². The summed E-state index contributed by atoms with van der Waals surface area (Å²) in [7, 11) is 1.58. The van der Waals surface area contributed by atoms with Crippen molar-refractivity contribution in [1.29, 1.82) is 0 Å². The van der Waals surface area contributed by atoms with E-state index >= 15 is 0 Å². The molecule has 0 saturated heterocycles. The van der Waals surface area contributed by atoms with Gasteiger partial charge in [0.15, 0.2) is 5.78 Å². The number of rotatable bonds is 5. The van der Waals surface area contributed by atoms with E-state index in [4.69, 9.17) is 9.84 Å². The Balaban J connectivity index is 1.96. The second-order valence-electron chi connectivity index (χ2n) is 4.12. The monoisotopic (exact) mass is 269 g/mol. The highest BCUT2D eigenvalue weighted by molar-refractivity contribution is 6.04. The van der Waals surface area contributed by atoms with Gasteiger partial charge in [0.25, 0.3) is 0 Å². The standard InChI is InChI=1S/C16H15NO3/c1-20-15-8-2-12(3-9-15)16(19)10-11-17-13-4-6-14(18)7-5-13/h2-11,17-18H,1H3. The van der Waals surface area contributed by atoms with Crippen molar-refractivity contribution in [1.82, 2.24) is 0 Å². The molecule has 0 aromatic heterocycles. The number of carbonyl (C=O) groups is 1. The molecule has 0 bridgehead atoms. The van der Waals surface area contributed by atoms with Crippen molar-refractivity contribution in [2.24, 2.45) is 0 Å². The third kappa shape index (κ3) is 3.62. The molecular formula is C16H15NO3. The molecule has 0 saturated carbocycles. The molecule has 0 aliphatic rings. The summed E-state index contributed by atoms with van der Waals surface area (Å²) >= 11 is 0. The number of phenolic OH excluding ortho intramolecular Hbond substituents is 1. The van der Waals surface area contributed by atoms with Crippen LogP contribution in [-0.2, 0) is 0 Å². The summed E-state index contributed by atoms with van der Waals surface area (Å²) in [5, 5.41) is 12.1. The van der Waals surface area contributed by atoms with E-state index in [1.807, 2.05) is 0 Å². The van der Waals surface area contributed by atoms with Crippen molar-refractivity contribution in [2.45, 2.75) is 0 Å². The number of phenols is 1. The predicted molar refractivity (Wildman–Crippen MR) is 78.2 cm³/mol. The fraction of sp³-hybridized carbons (Fsp3) is 0.0625. The average molecular weight is 269 g/mol. The summed E-state index contributed by atoms with van der Waals surface area (Å²) in [6.07, 6.45) is 3.02. The lowest BCUT2D eigenvalue weighted by atomic mass is 10.1. The van der Waals surface area contributed by atoms with Crippen LogP contribution in [0.3, 0.4) is 0 Å². The molecule has 4 heteroatoms. The Bertz CT molecular complexity index is 601. The van der Waals surface area contributed by atoms with Gasteiger partial charge in [-0.05, 0) is 48.5 Å². The van der Waals surface area contributed by atoms with Crippen LogP contribution in [0, 0.1) is 0 Å². The maximum Gasteiger partial charge on any atom is 0.187 e. The van der Waals surface area contributed by atoms with Crippen LogP contribution in [-0.4, -0.2) is 18.0 Å².